The van der Waals surface area contributed by atoms with Gasteiger partial charge in [0.05, 0.1) is 0 Å². The van der Waals surface area contributed by atoms with Gasteiger partial charge in [0.25, 0.3) is 11.5 Å². The standard InChI is InChI=1S/C27H32N2O2/c1-3-5-17-29-20-24(18-23-13-11-21(4-2)12-14-23)19-25(27(29)31)26(30)28-16-15-22-9-7-6-8-10-22/h6-14,19-20H,3-5,15-18H2,1-2H3,(H,28,30). The fourth-order valence-corrected chi connectivity index (χ4v) is 3.64. The van der Waals surface area contributed by atoms with Gasteiger partial charge in [0.15, 0.2) is 0 Å². The molecule has 4 nitrogen and oxygen atoms in total. The molecule has 0 atom stereocenters. The van der Waals surface area contributed by atoms with Crippen molar-refractivity contribution in [3.8, 4) is 0 Å². The van der Waals surface area contributed by atoms with Crippen molar-refractivity contribution in [1.29, 1.82) is 0 Å². The first-order chi connectivity index (χ1) is 15.1. The molecule has 1 heterocycles. The molecule has 0 fully saturated rings. The van der Waals surface area contributed by atoms with Gasteiger partial charge in [-0.2, -0.15) is 0 Å². The van der Waals surface area contributed by atoms with Gasteiger partial charge in [-0.15, -0.1) is 0 Å². The second-order valence-corrected chi connectivity index (χ2v) is 7.95. The number of pyridine rings is 1. The Morgan fingerprint density at radius 3 is 2.29 bits per heavy atom. The molecule has 4 heteroatoms. The van der Waals surface area contributed by atoms with Crippen LogP contribution in [0.25, 0.3) is 0 Å². The molecule has 0 spiro atoms. The lowest BCUT2D eigenvalue weighted by Crippen LogP contribution is -2.34. The molecule has 0 aliphatic carbocycles. The van der Waals surface area contributed by atoms with Crippen LogP contribution in [0.3, 0.4) is 0 Å². The van der Waals surface area contributed by atoms with E-state index in [-0.39, 0.29) is 17.0 Å². The number of aromatic nitrogens is 1. The molecular weight excluding hydrogens is 384 g/mol. The van der Waals surface area contributed by atoms with Gasteiger partial charge >= 0.3 is 0 Å². The molecule has 1 amide bonds. The SMILES string of the molecule is CCCCn1cc(Cc2ccc(CC)cc2)cc(C(=O)NCCc2ccccc2)c1=O. The van der Waals surface area contributed by atoms with Gasteiger partial charge in [-0.05, 0) is 54.0 Å². The fraction of sp³-hybridized carbons (Fsp3) is 0.333. The molecule has 3 aromatic rings. The molecule has 0 aliphatic heterocycles. The van der Waals surface area contributed by atoms with Crippen molar-refractivity contribution < 1.29 is 4.79 Å². The van der Waals surface area contributed by atoms with E-state index in [4.69, 9.17) is 0 Å². The van der Waals surface area contributed by atoms with Gasteiger partial charge in [0.2, 0.25) is 0 Å². The average Bonchev–Trinajstić information content (AvgIpc) is 2.80. The summed E-state index contributed by atoms with van der Waals surface area (Å²) in [4.78, 5) is 25.8. The molecule has 0 bridgehead atoms. The molecule has 0 saturated carbocycles. The van der Waals surface area contributed by atoms with E-state index in [0.29, 0.717) is 19.5 Å². The molecule has 0 radical (unpaired) electrons. The van der Waals surface area contributed by atoms with E-state index in [1.165, 1.54) is 11.1 Å². The first kappa shape index (κ1) is 22.5. The van der Waals surface area contributed by atoms with Crippen LogP contribution in [-0.2, 0) is 25.8 Å². The zero-order chi connectivity index (χ0) is 22.1. The zero-order valence-electron chi connectivity index (χ0n) is 18.6. The molecule has 3 rings (SSSR count). The van der Waals surface area contributed by atoms with Crippen molar-refractivity contribution in [3.05, 3.63) is 105 Å². The first-order valence-corrected chi connectivity index (χ1v) is 11.2. The van der Waals surface area contributed by atoms with Crippen LogP contribution < -0.4 is 10.9 Å². The van der Waals surface area contributed by atoms with Crippen LogP contribution in [0, 0.1) is 0 Å². The summed E-state index contributed by atoms with van der Waals surface area (Å²) in [6.45, 7) is 5.37. The van der Waals surface area contributed by atoms with Gasteiger partial charge in [0, 0.05) is 19.3 Å². The van der Waals surface area contributed by atoms with E-state index in [1.807, 2.05) is 36.5 Å². The van der Waals surface area contributed by atoms with Gasteiger partial charge in [-0.25, -0.2) is 0 Å². The second-order valence-electron chi connectivity index (χ2n) is 7.95. The maximum absolute atomic E-state index is 12.9. The van der Waals surface area contributed by atoms with E-state index in [9.17, 15) is 9.59 Å². The third-order valence-corrected chi connectivity index (χ3v) is 5.52. The van der Waals surface area contributed by atoms with Crippen molar-refractivity contribution in [1.82, 2.24) is 9.88 Å². The largest absolute Gasteiger partial charge is 0.352 e. The van der Waals surface area contributed by atoms with E-state index in [1.54, 1.807) is 10.6 Å². The average molecular weight is 417 g/mol. The Morgan fingerprint density at radius 1 is 0.903 bits per heavy atom. The summed E-state index contributed by atoms with van der Waals surface area (Å²) in [6.07, 6.45) is 6.25. The minimum absolute atomic E-state index is 0.212. The number of amides is 1. The van der Waals surface area contributed by atoms with Crippen molar-refractivity contribution in [2.45, 2.75) is 52.5 Å². The molecule has 1 N–H and O–H groups in total. The predicted octanol–water partition coefficient (Wildman–Crippen LogP) is 4.77. The quantitative estimate of drug-likeness (QED) is 0.517. The third kappa shape index (κ3) is 6.42. The molecule has 162 valence electrons. The number of hydrogen-bond donors (Lipinski definition) is 1. The number of unbranched alkanes of at least 4 members (excludes halogenated alkanes) is 1. The third-order valence-electron chi connectivity index (χ3n) is 5.52. The highest BCUT2D eigenvalue weighted by molar-refractivity contribution is 5.94. The number of carbonyl (C=O) groups is 1. The van der Waals surface area contributed by atoms with Gasteiger partial charge in [-0.3, -0.25) is 9.59 Å². The highest BCUT2D eigenvalue weighted by atomic mass is 16.2. The van der Waals surface area contributed by atoms with Gasteiger partial charge in [0.1, 0.15) is 5.56 Å². The van der Waals surface area contributed by atoms with Crippen LogP contribution in [0.1, 0.15) is 59.3 Å². The minimum Gasteiger partial charge on any atom is -0.352 e. The molecule has 0 aliphatic rings. The van der Waals surface area contributed by atoms with Crippen LogP contribution in [0.2, 0.25) is 0 Å². The number of carbonyl (C=O) groups excluding carboxylic acids is 1. The second kappa shape index (κ2) is 11.3. The maximum Gasteiger partial charge on any atom is 0.263 e. The number of benzene rings is 2. The monoisotopic (exact) mass is 416 g/mol. The summed E-state index contributed by atoms with van der Waals surface area (Å²) in [6, 6.07) is 20.3. The van der Waals surface area contributed by atoms with E-state index >= 15 is 0 Å². The molecule has 0 unspecified atom stereocenters. The highest BCUT2D eigenvalue weighted by Crippen LogP contribution is 2.12. The normalized spacial score (nSPS) is 10.8. The van der Waals surface area contributed by atoms with E-state index in [0.717, 1.165) is 36.8 Å². The van der Waals surface area contributed by atoms with E-state index in [2.05, 4.69) is 43.4 Å². The Hall–Kier alpha value is -3.14. The topological polar surface area (TPSA) is 51.1 Å². The van der Waals surface area contributed by atoms with Crippen LogP contribution in [-0.4, -0.2) is 17.0 Å². The lowest BCUT2D eigenvalue weighted by Gasteiger charge is -2.12. The summed E-state index contributed by atoms with van der Waals surface area (Å²) in [5.74, 6) is -0.297. The molecule has 31 heavy (non-hydrogen) atoms. The zero-order valence-corrected chi connectivity index (χ0v) is 18.6. The van der Waals surface area contributed by atoms with Crippen molar-refractivity contribution >= 4 is 5.91 Å². The molecular formula is C27H32N2O2. The summed E-state index contributed by atoms with van der Waals surface area (Å²) in [5.41, 5.74) is 4.63. The first-order valence-electron chi connectivity index (χ1n) is 11.2. The van der Waals surface area contributed by atoms with Crippen LogP contribution in [0.5, 0.6) is 0 Å². The van der Waals surface area contributed by atoms with Crippen LogP contribution >= 0.6 is 0 Å². The predicted molar refractivity (Wildman–Crippen MR) is 127 cm³/mol. The lowest BCUT2D eigenvalue weighted by molar-refractivity contribution is 0.0952. The fourth-order valence-electron chi connectivity index (χ4n) is 3.64. The minimum atomic E-state index is -0.297. The highest BCUT2D eigenvalue weighted by Gasteiger charge is 2.14. The van der Waals surface area contributed by atoms with Crippen LogP contribution in [0.15, 0.2) is 71.7 Å². The number of aryl methyl sites for hydroxylation is 2. The Morgan fingerprint density at radius 2 is 1.61 bits per heavy atom. The number of nitrogens with zero attached hydrogens (tertiary/aromatic N) is 1. The van der Waals surface area contributed by atoms with Crippen molar-refractivity contribution in [2.75, 3.05) is 6.54 Å². The summed E-state index contributed by atoms with van der Waals surface area (Å²) >= 11 is 0. The smallest absolute Gasteiger partial charge is 0.263 e. The summed E-state index contributed by atoms with van der Waals surface area (Å²) < 4.78 is 1.70. The van der Waals surface area contributed by atoms with Gasteiger partial charge in [-0.1, -0.05) is 74.9 Å². The lowest BCUT2D eigenvalue weighted by atomic mass is 10.0. The number of rotatable bonds is 10. The Balaban J connectivity index is 1.78. The summed E-state index contributed by atoms with van der Waals surface area (Å²) in [5, 5.41) is 2.93. The Bertz CT molecular complexity index is 1040. The molecule has 0 saturated heterocycles. The molecule has 1 aromatic heterocycles. The number of nitrogens with one attached hydrogen (secondary N) is 1. The van der Waals surface area contributed by atoms with Crippen molar-refractivity contribution in [3.63, 3.8) is 0 Å². The Labute approximate surface area is 184 Å². The Kier molecular flexibility index (Phi) is 8.22. The van der Waals surface area contributed by atoms with E-state index < -0.39 is 0 Å². The molecule has 2 aromatic carbocycles. The summed E-state index contributed by atoms with van der Waals surface area (Å²) in [7, 11) is 0. The van der Waals surface area contributed by atoms with Crippen LogP contribution in [0.4, 0.5) is 0 Å². The van der Waals surface area contributed by atoms with Gasteiger partial charge < -0.3 is 9.88 Å². The number of hydrogen-bond acceptors (Lipinski definition) is 2. The van der Waals surface area contributed by atoms with Crippen molar-refractivity contribution in [2.24, 2.45) is 0 Å². The maximum atomic E-state index is 12.9.